The van der Waals surface area contributed by atoms with Crippen LogP contribution in [0, 0.1) is 0 Å². The van der Waals surface area contributed by atoms with Gasteiger partial charge >= 0.3 is 0 Å². The number of aromatic hydroxyl groups is 1. The number of anilines is 1. The van der Waals surface area contributed by atoms with Gasteiger partial charge in [-0.1, -0.05) is 24.3 Å². The third kappa shape index (κ3) is 2.43. The van der Waals surface area contributed by atoms with Gasteiger partial charge in [-0.25, -0.2) is 8.42 Å². The van der Waals surface area contributed by atoms with Gasteiger partial charge < -0.3 is 10.0 Å². The number of rotatable bonds is 2. The van der Waals surface area contributed by atoms with Crippen molar-refractivity contribution in [1.82, 2.24) is 0 Å². The summed E-state index contributed by atoms with van der Waals surface area (Å²) in [5.74, 6) is -0.00652. The average Bonchev–Trinajstić information content (AvgIpc) is 2.98. The molecule has 0 saturated heterocycles. The van der Waals surface area contributed by atoms with Gasteiger partial charge in [0.1, 0.15) is 5.75 Å². The van der Waals surface area contributed by atoms with E-state index in [-0.39, 0.29) is 10.6 Å². The number of fused-ring (bicyclic) bond motifs is 2. The maximum Gasteiger partial charge on any atom is 0.168 e. The summed E-state index contributed by atoms with van der Waals surface area (Å²) in [5, 5.41) is 11.4. The van der Waals surface area contributed by atoms with Crippen molar-refractivity contribution in [3.63, 3.8) is 0 Å². The number of hydrogen-bond acceptors (Lipinski definition) is 4. The topological polar surface area (TPSA) is 57.6 Å². The lowest BCUT2D eigenvalue weighted by atomic mass is 10.1. The molecule has 0 bridgehead atoms. The van der Waals surface area contributed by atoms with Crippen LogP contribution in [-0.2, 0) is 23.8 Å². The highest BCUT2D eigenvalue weighted by atomic mass is 32.2. The van der Waals surface area contributed by atoms with Gasteiger partial charge in [-0.2, -0.15) is 0 Å². The minimum atomic E-state index is -2.72. The lowest BCUT2D eigenvalue weighted by Gasteiger charge is -2.18. The van der Waals surface area contributed by atoms with Crippen LogP contribution in [0.1, 0.15) is 11.1 Å². The third-order valence-corrected chi connectivity index (χ3v) is 5.00. The van der Waals surface area contributed by atoms with Crippen molar-refractivity contribution < 1.29 is 13.5 Å². The van der Waals surface area contributed by atoms with Gasteiger partial charge in [0.2, 0.25) is 0 Å². The standard InChI is InChI=1S/C18H15NO3S/c20-18-9-16(23(21)22)8-14-7-15(5-6-17(14)18)19-10-12-3-1-2-4-13(12)11-19/h1-9,20,23H,10-11H2. The Bertz CT molecular complexity index is 962. The first-order valence-electron chi connectivity index (χ1n) is 7.35. The van der Waals surface area contributed by atoms with E-state index in [0.29, 0.717) is 5.39 Å². The average molecular weight is 325 g/mol. The second kappa shape index (κ2) is 5.28. The molecule has 0 saturated carbocycles. The minimum Gasteiger partial charge on any atom is -0.507 e. The Balaban J connectivity index is 1.78. The zero-order valence-corrected chi connectivity index (χ0v) is 13.2. The van der Waals surface area contributed by atoms with Crippen LogP contribution in [0.5, 0.6) is 5.75 Å². The van der Waals surface area contributed by atoms with E-state index in [1.54, 1.807) is 6.07 Å². The molecule has 0 amide bonds. The Kier molecular flexibility index (Phi) is 3.23. The van der Waals surface area contributed by atoms with Gasteiger partial charge in [0.05, 0.1) is 4.90 Å². The van der Waals surface area contributed by atoms with Gasteiger partial charge in [-0.15, -0.1) is 0 Å². The minimum absolute atomic E-state index is 0.00652. The Morgan fingerprint density at radius 1 is 0.913 bits per heavy atom. The first-order valence-corrected chi connectivity index (χ1v) is 8.52. The predicted molar refractivity (Wildman–Crippen MR) is 90.5 cm³/mol. The highest BCUT2D eigenvalue weighted by Gasteiger charge is 2.19. The second-order valence-electron chi connectivity index (χ2n) is 5.75. The second-order valence-corrected chi connectivity index (χ2v) is 6.78. The van der Waals surface area contributed by atoms with Crippen LogP contribution in [0.3, 0.4) is 0 Å². The van der Waals surface area contributed by atoms with E-state index in [4.69, 9.17) is 0 Å². The molecule has 1 aliphatic rings. The summed E-state index contributed by atoms with van der Waals surface area (Å²) in [6.07, 6.45) is 0. The summed E-state index contributed by atoms with van der Waals surface area (Å²) in [4.78, 5) is 2.37. The molecule has 1 aliphatic heterocycles. The van der Waals surface area contributed by atoms with Crippen molar-refractivity contribution in [2.45, 2.75) is 18.0 Å². The molecule has 0 aromatic heterocycles. The van der Waals surface area contributed by atoms with Crippen molar-refractivity contribution in [3.05, 3.63) is 65.7 Å². The van der Waals surface area contributed by atoms with Crippen LogP contribution in [0.25, 0.3) is 10.8 Å². The molecule has 0 fully saturated rings. The Morgan fingerprint density at radius 2 is 1.61 bits per heavy atom. The summed E-state index contributed by atoms with van der Waals surface area (Å²) in [5.41, 5.74) is 3.64. The molecule has 5 heteroatoms. The molecule has 1 N–H and O–H groups in total. The fourth-order valence-electron chi connectivity index (χ4n) is 3.14. The van der Waals surface area contributed by atoms with Gasteiger partial charge in [0, 0.05) is 24.2 Å². The quantitative estimate of drug-likeness (QED) is 0.711. The molecular weight excluding hydrogens is 310 g/mol. The van der Waals surface area contributed by atoms with Gasteiger partial charge in [-0.05, 0) is 46.8 Å². The monoisotopic (exact) mass is 325 g/mol. The molecule has 0 aliphatic carbocycles. The smallest absolute Gasteiger partial charge is 0.168 e. The van der Waals surface area contributed by atoms with E-state index in [1.807, 2.05) is 30.3 Å². The molecule has 4 rings (SSSR count). The fourth-order valence-corrected chi connectivity index (χ4v) is 3.61. The van der Waals surface area contributed by atoms with Crippen molar-refractivity contribution in [3.8, 4) is 5.75 Å². The van der Waals surface area contributed by atoms with Crippen LogP contribution >= 0.6 is 0 Å². The molecule has 3 aromatic rings. The fraction of sp³-hybridized carbons (Fsp3) is 0.111. The van der Waals surface area contributed by atoms with Crippen LogP contribution in [0.4, 0.5) is 5.69 Å². The van der Waals surface area contributed by atoms with E-state index in [1.165, 1.54) is 17.2 Å². The van der Waals surface area contributed by atoms with E-state index in [2.05, 4.69) is 17.0 Å². The van der Waals surface area contributed by atoms with Gasteiger partial charge in [0.15, 0.2) is 10.7 Å². The predicted octanol–water partition coefficient (Wildman–Crippen LogP) is 3.04. The molecule has 0 unspecified atom stereocenters. The first-order chi connectivity index (χ1) is 11.1. The third-order valence-electron chi connectivity index (χ3n) is 4.32. The van der Waals surface area contributed by atoms with Gasteiger partial charge in [0.25, 0.3) is 0 Å². The lowest BCUT2D eigenvalue weighted by molar-refractivity contribution is 0.480. The van der Waals surface area contributed by atoms with Crippen LogP contribution < -0.4 is 4.90 Å². The molecule has 0 atom stereocenters. The molecule has 1 heterocycles. The number of phenolic OH excluding ortho intramolecular Hbond substituents is 1. The van der Waals surface area contributed by atoms with E-state index >= 15 is 0 Å². The first kappa shape index (κ1) is 14.1. The summed E-state index contributed by atoms with van der Waals surface area (Å²) >= 11 is 0. The molecule has 3 aromatic carbocycles. The summed E-state index contributed by atoms with van der Waals surface area (Å²) in [6.45, 7) is 1.67. The lowest BCUT2D eigenvalue weighted by Crippen LogP contribution is -2.14. The maximum atomic E-state index is 11.2. The highest BCUT2D eigenvalue weighted by molar-refractivity contribution is 7.72. The molecule has 0 radical (unpaired) electrons. The van der Waals surface area contributed by atoms with Crippen molar-refractivity contribution in [2.75, 3.05) is 4.90 Å². The summed E-state index contributed by atoms with van der Waals surface area (Å²) in [7, 11) is -2.72. The molecular formula is C18H15NO3S. The van der Waals surface area contributed by atoms with E-state index in [9.17, 15) is 13.5 Å². The largest absolute Gasteiger partial charge is 0.507 e. The number of hydrogen-bond donors (Lipinski definition) is 2. The van der Waals surface area contributed by atoms with Crippen molar-refractivity contribution >= 4 is 27.2 Å². The SMILES string of the molecule is O=[SH](=O)c1cc(O)c2ccc(N3Cc4ccccc4C3)cc2c1. The van der Waals surface area contributed by atoms with E-state index in [0.717, 1.165) is 24.2 Å². The van der Waals surface area contributed by atoms with E-state index < -0.39 is 10.7 Å². The van der Waals surface area contributed by atoms with Crippen LogP contribution in [0.2, 0.25) is 0 Å². The van der Waals surface area contributed by atoms with Crippen LogP contribution in [-0.4, -0.2) is 13.5 Å². The number of nitrogens with zero attached hydrogens (tertiary/aromatic N) is 1. The number of thiol groups is 1. The zero-order valence-electron chi connectivity index (χ0n) is 12.3. The van der Waals surface area contributed by atoms with Crippen molar-refractivity contribution in [1.29, 1.82) is 0 Å². The Hall–Kier alpha value is -2.53. The number of benzene rings is 3. The normalized spacial score (nSPS) is 13.7. The molecule has 23 heavy (non-hydrogen) atoms. The Morgan fingerprint density at radius 3 is 2.26 bits per heavy atom. The molecule has 4 nitrogen and oxygen atoms in total. The molecule has 116 valence electrons. The Labute approximate surface area is 135 Å². The van der Waals surface area contributed by atoms with Crippen molar-refractivity contribution in [2.24, 2.45) is 0 Å². The zero-order chi connectivity index (χ0) is 16.0. The maximum absolute atomic E-state index is 11.2. The summed E-state index contributed by atoms with van der Waals surface area (Å²) in [6, 6.07) is 17.0. The number of phenols is 1. The molecule has 0 spiro atoms. The highest BCUT2D eigenvalue weighted by Crippen LogP contribution is 2.33. The summed E-state index contributed by atoms with van der Waals surface area (Å²) < 4.78 is 22.4. The van der Waals surface area contributed by atoms with Gasteiger partial charge in [-0.3, -0.25) is 0 Å². The van der Waals surface area contributed by atoms with Crippen LogP contribution in [0.15, 0.2) is 59.5 Å².